The van der Waals surface area contributed by atoms with Crippen LogP contribution in [0.4, 0.5) is 0 Å². The van der Waals surface area contributed by atoms with Crippen LogP contribution in [-0.4, -0.2) is 66.3 Å². The van der Waals surface area contributed by atoms with E-state index in [0.29, 0.717) is 6.61 Å². The number of ether oxygens (including phenoxy) is 2. The fraction of sp³-hybridized carbons (Fsp3) is 0.919. The minimum Gasteiger partial charge on any atom is -0.457 e. The van der Waals surface area contributed by atoms with E-state index in [2.05, 4.69) is 26.0 Å². The molecule has 0 aliphatic rings. The summed E-state index contributed by atoms with van der Waals surface area (Å²) < 4.78 is 33.2. The maximum atomic E-state index is 12.5. The summed E-state index contributed by atoms with van der Waals surface area (Å²) in [6, 6.07) is 0. The van der Waals surface area contributed by atoms with Crippen molar-refractivity contribution in [1.82, 2.24) is 0 Å². The van der Waals surface area contributed by atoms with E-state index in [1.807, 2.05) is 0 Å². The van der Waals surface area contributed by atoms with Crippen LogP contribution in [-0.2, 0) is 27.9 Å². The van der Waals surface area contributed by atoms with E-state index < -0.39 is 33.2 Å². The second-order valence-electron chi connectivity index (χ2n) is 13.0. The molecule has 47 heavy (non-hydrogen) atoms. The summed E-state index contributed by atoms with van der Waals surface area (Å²) >= 11 is 0. The highest BCUT2D eigenvalue weighted by atomic mass is 31.2. The van der Waals surface area contributed by atoms with Gasteiger partial charge in [0, 0.05) is 13.0 Å². The first kappa shape index (κ1) is 46.2. The van der Waals surface area contributed by atoms with Gasteiger partial charge in [-0.3, -0.25) is 13.8 Å². The lowest BCUT2D eigenvalue weighted by Gasteiger charge is -2.20. The molecule has 0 aromatic rings. The number of rotatable bonds is 37. The smallest absolute Gasteiger partial charge is 0.457 e. The number of carbonyl (C=O) groups is 1. The van der Waals surface area contributed by atoms with Gasteiger partial charge in [0.05, 0.1) is 26.4 Å². The Morgan fingerprint density at radius 1 is 0.638 bits per heavy atom. The molecule has 10 heteroatoms. The Labute approximate surface area is 288 Å². The predicted octanol–water partition coefficient (Wildman–Crippen LogP) is 9.75. The summed E-state index contributed by atoms with van der Waals surface area (Å²) in [6.45, 7) is 3.51. The van der Waals surface area contributed by atoms with Crippen LogP contribution in [0.15, 0.2) is 12.2 Å². The second kappa shape index (κ2) is 35.0. The lowest BCUT2D eigenvalue weighted by Crippen LogP contribution is -2.29. The molecule has 3 atom stereocenters. The highest BCUT2D eigenvalue weighted by Crippen LogP contribution is 2.43. The highest BCUT2D eigenvalue weighted by Gasteiger charge is 2.26. The van der Waals surface area contributed by atoms with Gasteiger partial charge in [0.15, 0.2) is 0 Å². The van der Waals surface area contributed by atoms with Crippen LogP contribution in [0.5, 0.6) is 0 Å². The van der Waals surface area contributed by atoms with Gasteiger partial charge in [0.25, 0.3) is 0 Å². The largest absolute Gasteiger partial charge is 0.472 e. The van der Waals surface area contributed by atoms with Gasteiger partial charge in [0.2, 0.25) is 0 Å². The zero-order chi connectivity index (χ0) is 34.7. The molecule has 0 saturated heterocycles. The molecular formula is C37H73O9P. The summed E-state index contributed by atoms with van der Waals surface area (Å²) in [5.74, 6) is -0.390. The molecule has 0 amide bonds. The van der Waals surface area contributed by atoms with Crippen LogP contribution in [0.2, 0.25) is 0 Å². The van der Waals surface area contributed by atoms with Crippen molar-refractivity contribution in [2.75, 3.05) is 33.0 Å². The molecule has 0 aromatic heterocycles. The van der Waals surface area contributed by atoms with Crippen LogP contribution < -0.4 is 0 Å². The minimum absolute atomic E-state index is 0.0509. The quantitative estimate of drug-likeness (QED) is 0.0252. The molecule has 0 fully saturated rings. The average Bonchev–Trinajstić information content (AvgIpc) is 3.06. The van der Waals surface area contributed by atoms with Crippen molar-refractivity contribution in [3.63, 3.8) is 0 Å². The standard InChI is InChI=1S/C37H73O9P/c1-3-5-7-9-11-13-15-17-18-19-21-23-25-27-29-37(40)46-36(34-45-47(41,42)44-32-35(39)31-38)33-43-30-28-26-24-22-20-16-14-12-10-8-6-4-2/h15,17,35-36,38-39H,3-14,16,18-34H2,1-2H3,(H,41,42)/b17-15-. The van der Waals surface area contributed by atoms with E-state index in [1.165, 1.54) is 103 Å². The average molecular weight is 693 g/mol. The second-order valence-corrected chi connectivity index (χ2v) is 14.4. The van der Waals surface area contributed by atoms with Gasteiger partial charge in [-0.25, -0.2) is 4.57 Å². The molecule has 0 aromatic carbocycles. The van der Waals surface area contributed by atoms with Crippen LogP contribution >= 0.6 is 7.82 Å². The first-order valence-corrected chi connectivity index (χ1v) is 20.7. The number of phosphoric acid groups is 1. The molecule has 0 aliphatic carbocycles. The lowest BCUT2D eigenvalue weighted by molar-refractivity contribution is -0.154. The minimum atomic E-state index is -4.51. The van der Waals surface area contributed by atoms with E-state index in [9.17, 15) is 19.4 Å². The van der Waals surface area contributed by atoms with Gasteiger partial charge in [-0.1, -0.05) is 142 Å². The van der Waals surface area contributed by atoms with Gasteiger partial charge >= 0.3 is 13.8 Å². The first-order chi connectivity index (χ1) is 22.8. The van der Waals surface area contributed by atoms with Gasteiger partial charge in [-0.15, -0.1) is 0 Å². The molecule has 0 radical (unpaired) electrons. The number of unbranched alkanes of at least 4 members (excludes halogenated alkanes) is 21. The summed E-state index contributed by atoms with van der Waals surface area (Å²) in [5.41, 5.74) is 0. The zero-order valence-electron chi connectivity index (χ0n) is 30.3. The molecule has 3 unspecified atom stereocenters. The summed E-state index contributed by atoms with van der Waals surface area (Å²) in [6.07, 6.45) is 31.6. The first-order valence-electron chi connectivity index (χ1n) is 19.2. The topological polar surface area (TPSA) is 132 Å². The van der Waals surface area contributed by atoms with Crippen molar-refractivity contribution in [3.05, 3.63) is 12.2 Å². The third-order valence-corrected chi connectivity index (χ3v) is 9.15. The number of aliphatic hydroxyl groups excluding tert-OH is 2. The van der Waals surface area contributed by atoms with E-state index in [4.69, 9.17) is 23.6 Å². The SMILES string of the molecule is CCCCCCC/C=C\CCCCCCCC(=O)OC(COCCCCCCCCCCCCCC)COP(=O)(O)OCC(O)CO. The third-order valence-electron chi connectivity index (χ3n) is 8.20. The van der Waals surface area contributed by atoms with Crippen LogP contribution in [0, 0.1) is 0 Å². The number of carbonyl (C=O) groups excluding carboxylic acids is 1. The molecule has 0 heterocycles. The number of phosphoric ester groups is 1. The van der Waals surface area contributed by atoms with Crippen molar-refractivity contribution in [2.24, 2.45) is 0 Å². The Morgan fingerprint density at radius 2 is 1.09 bits per heavy atom. The maximum Gasteiger partial charge on any atom is 0.472 e. The zero-order valence-corrected chi connectivity index (χ0v) is 31.2. The van der Waals surface area contributed by atoms with Gasteiger partial charge in [-0.2, -0.15) is 0 Å². The fourth-order valence-electron chi connectivity index (χ4n) is 5.23. The van der Waals surface area contributed by atoms with Gasteiger partial charge < -0.3 is 24.6 Å². The molecule has 0 saturated carbocycles. The van der Waals surface area contributed by atoms with Crippen molar-refractivity contribution in [1.29, 1.82) is 0 Å². The molecule has 0 rings (SSSR count). The molecular weight excluding hydrogens is 619 g/mol. The summed E-state index contributed by atoms with van der Waals surface area (Å²) in [4.78, 5) is 22.4. The van der Waals surface area contributed by atoms with Gasteiger partial charge in [0.1, 0.15) is 12.2 Å². The molecule has 0 bridgehead atoms. The summed E-state index contributed by atoms with van der Waals surface area (Å²) in [7, 11) is -4.51. The number of allylic oxidation sites excluding steroid dienone is 2. The van der Waals surface area contributed by atoms with Crippen LogP contribution in [0.1, 0.15) is 174 Å². The van der Waals surface area contributed by atoms with Gasteiger partial charge in [-0.05, 0) is 38.5 Å². The molecule has 3 N–H and O–H groups in total. The molecule has 0 spiro atoms. The van der Waals surface area contributed by atoms with Crippen molar-refractivity contribution >= 4 is 13.8 Å². The Hall–Kier alpha value is -0.800. The Morgan fingerprint density at radius 3 is 1.60 bits per heavy atom. The van der Waals surface area contributed by atoms with E-state index in [-0.39, 0.29) is 25.6 Å². The van der Waals surface area contributed by atoms with E-state index in [1.54, 1.807) is 0 Å². The van der Waals surface area contributed by atoms with E-state index >= 15 is 0 Å². The summed E-state index contributed by atoms with van der Waals surface area (Å²) in [5, 5.41) is 18.3. The van der Waals surface area contributed by atoms with Crippen LogP contribution in [0.3, 0.4) is 0 Å². The number of esters is 1. The predicted molar refractivity (Wildman–Crippen MR) is 191 cm³/mol. The van der Waals surface area contributed by atoms with Crippen molar-refractivity contribution < 1.29 is 43.0 Å². The number of hydrogen-bond donors (Lipinski definition) is 3. The van der Waals surface area contributed by atoms with Crippen LogP contribution in [0.25, 0.3) is 0 Å². The Bertz CT molecular complexity index is 749. The maximum absolute atomic E-state index is 12.5. The van der Waals surface area contributed by atoms with Crippen molar-refractivity contribution in [2.45, 2.75) is 187 Å². The third kappa shape index (κ3) is 34.8. The van der Waals surface area contributed by atoms with Crippen molar-refractivity contribution in [3.8, 4) is 0 Å². The molecule has 9 nitrogen and oxygen atoms in total. The fourth-order valence-corrected chi connectivity index (χ4v) is 6.02. The normalized spacial score (nSPS) is 14.4. The molecule has 280 valence electrons. The lowest BCUT2D eigenvalue weighted by atomic mass is 10.1. The Balaban J connectivity index is 4.23. The Kier molecular flexibility index (Phi) is 34.4. The van der Waals surface area contributed by atoms with E-state index in [0.717, 1.165) is 51.4 Å². The molecule has 0 aliphatic heterocycles. The monoisotopic (exact) mass is 692 g/mol. The number of aliphatic hydroxyl groups is 2. The number of hydrogen-bond acceptors (Lipinski definition) is 8. The highest BCUT2D eigenvalue weighted by molar-refractivity contribution is 7.47.